The van der Waals surface area contributed by atoms with Crippen LogP contribution < -0.4 is 5.32 Å². The molecule has 0 radical (unpaired) electrons. The van der Waals surface area contributed by atoms with Gasteiger partial charge in [-0.2, -0.15) is 8.42 Å². The van der Waals surface area contributed by atoms with E-state index in [0.29, 0.717) is 16.5 Å². The first-order valence-electron chi connectivity index (χ1n) is 7.41. The summed E-state index contributed by atoms with van der Waals surface area (Å²) in [5, 5.41) is 3.79. The average Bonchev–Trinajstić information content (AvgIpc) is 2.60. The Morgan fingerprint density at radius 3 is 2.48 bits per heavy atom. The predicted molar refractivity (Wildman–Crippen MR) is 94.0 cm³/mol. The van der Waals surface area contributed by atoms with E-state index in [0.717, 1.165) is 5.56 Å². The van der Waals surface area contributed by atoms with Gasteiger partial charge in [-0.3, -0.25) is 9.87 Å². The second kappa shape index (κ2) is 6.92. The molecule has 1 amide bonds. The summed E-state index contributed by atoms with van der Waals surface area (Å²) < 4.78 is 37.0. The van der Waals surface area contributed by atoms with E-state index in [1.54, 1.807) is 24.3 Å². The molecule has 0 atom stereocenters. The molecular formula is C18H15NO5S. The molecule has 0 aliphatic rings. The van der Waals surface area contributed by atoms with E-state index >= 15 is 0 Å². The monoisotopic (exact) mass is 357 g/mol. The topological polar surface area (TPSA) is 92.7 Å². The van der Waals surface area contributed by atoms with Gasteiger partial charge in [0.15, 0.2) is 0 Å². The van der Waals surface area contributed by atoms with Crippen LogP contribution in [0.4, 0.5) is 10.5 Å². The fraction of sp³-hybridized carbons (Fsp3) is 0.0556. The van der Waals surface area contributed by atoms with Gasteiger partial charge in [0.05, 0.1) is 10.6 Å². The number of fused-ring (bicyclic) bond motifs is 1. The molecular weight excluding hydrogens is 342 g/mol. The van der Waals surface area contributed by atoms with E-state index in [-0.39, 0.29) is 11.5 Å². The van der Waals surface area contributed by atoms with Gasteiger partial charge < -0.3 is 4.74 Å². The molecule has 3 rings (SSSR count). The zero-order chi connectivity index (χ0) is 17.9. The highest BCUT2D eigenvalue weighted by Gasteiger charge is 2.13. The van der Waals surface area contributed by atoms with Crippen LogP contribution in [0, 0.1) is 0 Å². The van der Waals surface area contributed by atoms with Crippen molar-refractivity contribution in [2.75, 3.05) is 5.32 Å². The van der Waals surface area contributed by atoms with Crippen molar-refractivity contribution >= 4 is 32.7 Å². The Bertz CT molecular complexity index is 1020. The normalized spacial score (nSPS) is 11.2. The van der Waals surface area contributed by atoms with Crippen LogP contribution in [0.2, 0.25) is 0 Å². The molecule has 2 N–H and O–H groups in total. The van der Waals surface area contributed by atoms with E-state index in [4.69, 9.17) is 4.74 Å². The van der Waals surface area contributed by atoms with Crippen LogP contribution in [-0.2, 0) is 21.5 Å². The van der Waals surface area contributed by atoms with Crippen LogP contribution >= 0.6 is 0 Å². The summed E-state index contributed by atoms with van der Waals surface area (Å²) >= 11 is 0. The predicted octanol–water partition coefficient (Wildman–Crippen LogP) is 3.84. The van der Waals surface area contributed by atoms with Crippen LogP contribution in [0.1, 0.15) is 5.56 Å². The van der Waals surface area contributed by atoms with Crippen LogP contribution in [0.3, 0.4) is 0 Å². The van der Waals surface area contributed by atoms with Crippen molar-refractivity contribution < 1.29 is 22.5 Å². The Morgan fingerprint density at radius 1 is 1.00 bits per heavy atom. The number of benzene rings is 3. The van der Waals surface area contributed by atoms with Gasteiger partial charge in [-0.15, -0.1) is 0 Å². The molecule has 3 aromatic carbocycles. The molecule has 0 aliphatic carbocycles. The molecule has 0 aliphatic heterocycles. The first kappa shape index (κ1) is 16.9. The maximum atomic E-state index is 12.0. The van der Waals surface area contributed by atoms with Crippen molar-refractivity contribution in [1.82, 2.24) is 0 Å². The lowest BCUT2D eigenvalue weighted by Crippen LogP contribution is -2.13. The number of ether oxygens (including phenoxy) is 1. The van der Waals surface area contributed by atoms with E-state index in [9.17, 15) is 17.8 Å². The highest BCUT2D eigenvalue weighted by Crippen LogP contribution is 2.26. The molecule has 128 valence electrons. The summed E-state index contributed by atoms with van der Waals surface area (Å²) in [6, 6.07) is 18.5. The number of anilines is 1. The third kappa shape index (κ3) is 4.14. The van der Waals surface area contributed by atoms with Gasteiger partial charge in [-0.05, 0) is 29.1 Å². The van der Waals surface area contributed by atoms with E-state index in [1.165, 1.54) is 12.1 Å². The number of amides is 1. The molecule has 0 saturated heterocycles. The number of nitrogens with one attached hydrogen (secondary N) is 1. The van der Waals surface area contributed by atoms with E-state index in [1.807, 2.05) is 30.3 Å². The molecule has 3 aromatic rings. The second-order valence-corrected chi connectivity index (χ2v) is 6.77. The molecule has 0 spiro atoms. The Labute approximate surface area is 144 Å². The zero-order valence-corrected chi connectivity index (χ0v) is 13.9. The molecule has 0 heterocycles. The minimum atomic E-state index is -4.33. The molecule has 25 heavy (non-hydrogen) atoms. The van der Waals surface area contributed by atoms with Gasteiger partial charge in [0.1, 0.15) is 6.61 Å². The van der Waals surface area contributed by atoms with E-state index < -0.39 is 16.2 Å². The van der Waals surface area contributed by atoms with Crippen LogP contribution in [0.15, 0.2) is 71.6 Å². The quantitative estimate of drug-likeness (QED) is 0.692. The number of hydrogen-bond acceptors (Lipinski definition) is 4. The Kier molecular flexibility index (Phi) is 4.69. The zero-order valence-electron chi connectivity index (χ0n) is 13.0. The van der Waals surface area contributed by atoms with E-state index in [2.05, 4.69) is 5.32 Å². The third-order valence-electron chi connectivity index (χ3n) is 3.60. The first-order valence-corrected chi connectivity index (χ1v) is 8.85. The van der Waals surface area contributed by atoms with Crippen molar-refractivity contribution in [1.29, 1.82) is 0 Å². The van der Waals surface area contributed by atoms with Crippen LogP contribution in [0.5, 0.6) is 0 Å². The fourth-order valence-electron chi connectivity index (χ4n) is 2.39. The van der Waals surface area contributed by atoms with Crippen molar-refractivity contribution in [3.05, 3.63) is 72.3 Å². The molecule has 0 saturated carbocycles. The number of carbonyl (C=O) groups is 1. The molecule has 0 fully saturated rings. The lowest BCUT2D eigenvalue weighted by Gasteiger charge is -2.10. The van der Waals surface area contributed by atoms with Crippen molar-refractivity contribution in [3.63, 3.8) is 0 Å². The van der Waals surface area contributed by atoms with Crippen molar-refractivity contribution in [3.8, 4) is 0 Å². The summed E-state index contributed by atoms with van der Waals surface area (Å²) in [5.74, 6) is 0. The summed E-state index contributed by atoms with van der Waals surface area (Å²) in [5.41, 5.74) is 1.24. The highest BCUT2D eigenvalue weighted by molar-refractivity contribution is 7.85. The lowest BCUT2D eigenvalue weighted by atomic mass is 10.1. The van der Waals surface area contributed by atoms with Gasteiger partial charge in [-0.1, -0.05) is 48.5 Å². The van der Waals surface area contributed by atoms with Gasteiger partial charge >= 0.3 is 6.09 Å². The van der Waals surface area contributed by atoms with Crippen LogP contribution in [-0.4, -0.2) is 19.1 Å². The van der Waals surface area contributed by atoms with Gasteiger partial charge in [0, 0.05) is 5.39 Å². The summed E-state index contributed by atoms with van der Waals surface area (Å²) in [6.45, 7) is 0.119. The number of hydrogen-bond donors (Lipinski definition) is 2. The van der Waals surface area contributed by atoms with Crippen molar-refractivity contribution in [2.45, 2.75) is 11.5 Å². The molecule has 7 heteroatoms. The maximum absolute atomic E-state index is 12.0. The highest BCUT2D eigenvalue weighted by atomic mass is 32.2. The van der Waals surface area contributed by atoms with Gasteiger partial charge in [0.25, 0.3) is 10.1 Å². The van der Waals surface area contributed by atoms with Crippen LogP contribution in [0.25, 0.3) is 10.8 Å². The van der Waals surface area contributed by atoms with Gasteiger partial charge in [-0.25, -0.2) is 4.79 Å². The summed E-state index contributed by atoms with van der Waals surface area (Å²) in [7, 11) is -4.33. The SMILES string of the molecule is O=C(Nc1cccc2ccc(S(=O)(=O)O)cc12)OCc1ccccc1. The molecule has 0 aromatic heterocycles. The number of carbonyl (C=O) groups excluding carboxylic acids is 1. The summed E-state index contributed by atoms with van der Waals surface area (Å²) in [6.07, 6.45) is -0.659. The smallest absolute Gasteiger partial charge is 0.411 e. The minimum Gasteiger partial charge on any atom is -0.444 e. The first-order chi connectivity index (χ1) is 11.9. The Morgan fingerprint density at radius 2 is 1.76 bits per heavy atom. The fourth-order valence-corrected chi connectivity index (χ4v) is 2.90. The summed E-state index contributed by atoms with van der Waals surface area (Å²) in [4.78, 5) is 11.8. The largest absolute Gasteiger partial charge is 0.444 e. The van der Waals surface area contributed by atoms with Crippen molar-refractivity contribution in [2.24, 2.45) is 0 Å². The molecule has 0 unspecified atom stereocenters. The average molecular weight is 357 g/mol. The molecule has 6 nitrogen and oxygen atoms in total. The lowest BCUT2D eigenvalue weighted by molar-refractivity contribution is 0.155. The maximum Gasteiger partial charge on any atom is 0.411 e. The second-order valence-electron chi connectivity index (χ2n) is 5.35. The van der Waals surface area contributed by atoms with Gasteiger partial charge in [0.2, 0.25) is 0 Å². The third-order valence-corrected chi connectivity index (χ3v) is 4.45. The number of rotatable bonds is 4. The standard InChI is InChI=1S/C18H15NO5S/c20-18(24-12-13-5-2-1-3-6-13)19-17-8-4-7-14-9-10-15(11-16(14)17)25(21,22)23/h1-11H,12H2,(H,19,20)(H,21,22,23). The Balaban J connectivity index is 1.81. The molecule has 0 bridgehead atoms. The Hall–Kier alpha value is -2.90. The minimum absolute atomic E-state index is 0.119.